The van der Waals surface area contributed by atoms with E-state index in [1.807, 2.05) is 13.8 Å². The molecule has 2 unspecified atom stereocenters. The summed E-state index contributed by atoms with van der Waals surface area (Å²) in [6.07, 6.45) is 2.24. The molecule has 0 aliphatic heterocycles. The Morgan fingerprint density at radius 2 is 1.65 bits per heavy atom. The minimum Gasteiger partial charge on any atom is -0.465 e. The fourth-order valence-corrected chi connectivity index (χ4v) is 2.63. The van der Waals surface area contributed by atoms with Crippen LogP contribution in [0.4, 0.5) is 0 Å². The van der Waals surface area contributed by atoms with Gasteiger partial charge in [-0.05, 0) is 49.3 Å². The topological polar surface area (TPSA) is 18.5 Å². The minimum atomic E-state index is -0.195. The third-order valence-electron chi connectivity index (χ3n) is 3.61. The van der Waals surface area contributed by atoms with Crippen LogP contribution >= 0.6 is 0 Å². The predicted octanol–water partition coefficient (Wildman–Crippen LogP) is 5.38. The Hall–Kier alpha value is -1.02. The van der Waals surface area contributed by atoms with Gasteiger partial charge in [0.25, 0.3) is 0 Å². The zero-order valence-corrected chi connectivity index (χ0v) is 13.9. The number of ether oxygens (including phenoxy) is 2. The van der Waals surface area contributed by atoms with Crippen LogP contribution in [0.3, 0.4) is 0 Å². The van der Waals surface area contributed by atoms with Crippen molar-refractivity contribution in [2.24, 2.45) is 5.41 Å². The smallest absolute Gasteiger partial charge is 0.196 e. The van der Waals surface area contributed by atoms with Crippen molar-refractivity contribution in [1.29, 1.82) is 0 Å². The molecule has 2 nitrogen and oxygen atoms in total. The summed E-state index contributed by atoms with van der Waals surface area (Å²) < 4.78 is 11.1. The summed E-state index contributed by atoms with van der Waals surface area (Å²) in [5, 5.41) is 0. The first-order chi connectivity index (χ1) is 9.38. The third-order valence-corrected chi connectivity index (χ3v) is 3.61. The van der Waals surface area contributed by atoms with Crippen LogP contribution in [0.15, 0.2) is 24.3 Å². The Kier molecular flexibility index (Phi) is 6.54. The van der Waals surface area contributed by atoms with E-state index in [1.54, 1.807) is 0 Å². The van der Waals surface area contributed by atoms with Crippen molar-refractivity contribution in [2.45, 2.75) is 66.6 Å². The fraction of sp³-hybridized carbons (Fsp3) is 0.667. The maximum absolute atomic E-state index is 5.71. The quantitative estimate of drug-likeness (QED) is 0.624. The van der Waals surface area contributed by atoms with E-state index in [-0.39, 0.29) is 11.7 Å². The molecule has 0 aliphatic carbocycles. The Labute approximate surface area is 124 Å². The summed E-state index contributed by atoms with van der Waals surface area (Å²) in [5.74, 6) is 1.46. The Balaban J connectivity index is 2.78. The van der Waals surface area contributed by atoms with E-state index in [4.69, 9.17) is 9.47 Å². The van der Waals surface area contributed by atoms with E-state index in [9.17, 15) is 0 Å². The SMILES string of the molecule is CCCC(c1ccc(OC(C)OCC)cc1)C(C)(C)C. The zero-order valence-electron chi connectivity index (χ0n) is 13.9. The largest absolute Gasteiger partial charge is 0.465 e. The summed E-state index contributed by atoms with van der Waals surface area (Å²) in [4.78, 5) is 0. The summed E-state index contributed by atoms with van der Waals surface area (Å²) in [7, 11) is 0. The molecule has 0 saturated heterocycles. The van der Waals surface area contributed by atoms with Gasteiger partial charge in [-0.3, -0.25) is 0 Å². The average molecular weight is 278 g/mol. The Bertz CT molecular complexity index is 375. The first-order valence-electron chi connectivity index (χ1n) is 7.76. The van der Waals surface area contributed by atoms with Gasteiger partial charge in [0.1, 0.15) is 5.75 Å². The molecule has 0 bridgehead atoms. The van der Waals surface area contributed by atoms with Crippen LogP contribution in [-0.2, 0) is 4.74 Å². The number of hydrogen-bond acceptors (Lipinski definition) is 2. The molecule has 0 fully saturated rings. The molecule has 1 aromatic carbocycles. The lowest BCUT2D eigenvalue weighted by atomic mass is 9.74. The lowest BCUT2D eigenvalue weighted by Crippen LogP contribution is -2.18. The second-order valence-electron chi connectivity index (χ2n) is 6.42. The van der Waals surface area contributed by atoms with Crippen molar-refractivity contribution in [3.8, 4) is 5.75 Å². The fourth-order valence-electron chi connectivity index (χ4n) is 2.63. The van der Waals surface area contributed by atoms with Crippen LogP contribution in [0.2, 0.25) is 0 Å². The predicted molar refractivity (Wildman–Crippen MR) is 85.3 cm³/mol. The first kappa shape index (κ1) is 17.0. The van der Waals surface area contributed by atoms with E-state index in [1.165, 1.54) is 18.4 Å². The molecular weight excluding hydrogens is 248 g/mol. The second-order valence-corrected chi connectivity index (χ2v) is 6.42. The van der Waals surface area contributed by atoms with Gasteiger partial charge in [-0.2, -0.15) is 0 Å². The standard InChI is InChI=1S/C18H30O2/c1-7-9-17(18(4,5)6)15-10-12-16(13-11-15)20-14(3)19-8-2/h10-14,17H,7-9H2,1-6H3. The molecule has 2 heteroatoms. The summed E-state index contributed by atoms with van der Waals surface area (Å²) >= 11 is 0. The molecule has 0 aromatic heterocycles. The van der Waals surface area contributed by atoms with Gasteiger partial charge in [-0.15, -0.1) is 0 Å². The van der Waals surface area contributed by atoms with Gasteiger partial charge >= 0.3 is 0 Å². The third kappa shape index (κ3) is 5.16. The highest BCUT2D eigenvalue weighted by Gasteiger charge is 2.25. The first-order valence-corrected chi connectivity index (χ1v) is 7.76. The number of hydrogen-bond donors (Lipinski definition) is 0. The normalized spacial score (nSPS) is 14.9. The van der Waals surface area contributed by atoms with Gasteiger partial charge < -0.3 is 9.47 Å². The van der Waals surface area contributed by atoms with E-state index >= 15 is 0 Å². The molecule has 0 aliphatic rings. The maximum Gasteiger partial charge on any atom is 0.196 e. The molecule has 20 heavy (non-hydrogen) atoms. The molecule has 0 radical (unpaired) electrons. The Morgan fingerprint density at radius 1 is 1.05 bits per heavy atom. The highest BCUT2D eigenvalue weighted by Crippen LogP contribution is 2.38. The zero-order chi connectivity index (χ0) is 15.2. The van der Waals surface area contributed by atoms with Crippen molar-refractivity contribution in [3.05, 3.63) is 29.8 Å². The highest BCUT2D eigenvalue weighted by molar-refractivity contribution is 5.30. The van der Waals surface area contributed by atoms with Gasteiger partial charge in [0.15, 0.2) is 6.29 Å². The molecule has 0 saturated carbocycles. The van der Waals surface area contributed by atoms with Gasteiger partial charge in [-0.1, -0.05) is 46.2 Å². The molecular formula is C18H30O2. The van der Waals surface area contributed by atoms with Crippen molar-refractivity contribution in [3.63, 3.8) is 0 Å². The lowest BCUT2D eigenvalue weighted by molar-refractivity contribution is -0.0613. The van der Waals surface area contributed by atoms with E-state index < -0.39 is 0 Å². The van der Waals surface area contributed by atoms with Crippen LogP contribution in [0.5, 0.6) is 5.75 Å². The highest BCUT2D eigenvalue weighted by atomic mass is 16.7. The van der Waals surface area contributed by atoms with E-state index in [0.717, 1.165) is 5.75 Å². The maximum atomic E-state index is 5.71. The second kappa shape index (κ2) is 7.68. The lowest BCUT2D eigenvalue weighted by Gasteiger charge is -2.31. The molecule has 0 heterocycles. The molecule has 1 rings (SSSR count). The van der Waals surface area contributed by atoms with Gasteiger partial charge in [-0.25, -0.2) is 0 Å². The van der Waals surface area contributed by atoms with Gasteiger partial charge in [0.2, 0.25) is 0 Å². The van der Waals surface area contributed by atoms with Crippen LogP contribution in [0.1, 0.15) is 65.9 Å². The van der Waals surface area contributed by atoms with Crippen LogP contribution < -0.4 is 4.74 Å². The van der Waals surface area contributed by atoms with Gasteiger partial charge in [0, 0.05) is 6.61 Å². The number of rotatable bonds is 7. The summed E-state index contributed by atoms with van der Waals surface area (Å²) in [6, 6.07) is 8.50. The monoisotopic (exact) mass is 278 g/mol. The minimum absolute atomic E-state index is 0.195. The van der Waals surface area contributed by atoms with Crippen molar-refractivity contribution >= 4 is 0 Å². The summed E-state index contributed by atoms with van der Waals surface area (Å²) in [6.45, 7) is 13.8. The molecule has 1 aromatic rings. The Morgan fingerprint density at radius 3 is 2.10 bits per heavy atom. The number of benzene rings is 1. The van der Waals surface area contributed by atoms with E-state index in [2.05, 4.69) is 52.0 Å². The summed E-state index contributed by atoms with van der Waals surface area (Å²) in [5.41, 5.74) is 1.69. The molecule has 114 valence electrons. The molecule has 2 atom stereocenters. The van der Waals surface area contributed by atoms with Crippen LogP contribution in [0.25, 0.3) is 0 Å². The van der Waals surface area contributed by atoms with E-state index in [0.29, 0.717) is 12.5 Å². The van der Waals surface area contributed by atoms with Crippen molar-refractivity contribution in [2.75, 3.05) is 6.61 Å². The van der Waals surface area contributed by atoms with Crippen LogP contribution in [0, 0.1) is 5.41 Å². The molecule has 0 spiro atoms. The van der Waals surface area contributed by atoms with Crippen LogP contribution in [-0.4, -0.2) is 12.9 Å². The van der Waals surface area contributed by atoms with Crippen molar-refractivity contribution in [1.82, 2.24) is 0 Å². The average Bonchev–Trinajstić information content (AvgIpc) is 2.36. The van der Waals surface area contributed by atoms with Crippen molar-refractivity contribution < 1.29 is 9.47 Å². The molecule has 0 N–H and O–H groups in total. The molecule has 0 amide bonds. The van der Waals surface area contributed by atoms with Gasteiger partial charge in [0.05, 0.1) is 0 Å².